The van der Waals surface area contributed by atoms with Gasteiger partial charge in [-0.3, -0.25) is 0 Å². The molecule has 1 heterocycles. The highest BCUT2D eigenvalue weighted by Crippen LogP contribution is 2.42. The van der Waals surface area contributed by atoms with E-state index in [1.165, 1.54) is 0 Å². The lowest BCUT2D eigenvalue weighted by atomic mass is 9.78. The zero-order valence-corrected chi connectivity index (χ0v) is 44.1. The summed E-state index contributed by atoms with van der Waals surface area (Å²) in [6.45, 7) is 34.9. The molecule has 3 N–H and O–H groups in total. The lowest BCUT2D eigenvalue weighted by Crippen LogP contribution is -2.61. The largest absolute Gasteiger partial charge is 0.507 e. The van der Waals surface area contributed by atoms with Crippen LogP contribution < -0.4 is 31.6 Å². The fraction of sp³-hybridized carbons (Fsp3) is 0.556. The standard InChI is InChI=1S/C54H75N3O12/c1-49(2,3)34-25-31(26-35(43(34)61)50(4,5)6)19-22-40(58)67-55-46(64)56(68-41(59)23-20-32-27-36(51(7,8)9)44(62)37(28-32)52(10,11)12)48(66)57(47(55)65)69-42(60)24-21-33-29-38(53(13,14)15)45(63)39(30-33)54(16,17)18/h25-30,61-63H,19-24H2,1-18H3. The van der Waals surface area contributed by atoms with Gasteiger partial charge in [0.05, 0.1) is 19.3 Å². The lowest BCUT2D eigenvalue weighted by molar-refractivity contribution is -0.153. The normalized spacial score (nSPS) is 12.8. The van der Waals surface area contributed by atoms with E-state index in [9.17, 15) is 44.1 Å². The Bertz CT molecular complexity index is 2360. The van der Waals surface area contributed by atoms with Gasteiger partial charge in [-0.05, 0) is 102 Å². The Morgan fingerprint density at radius 2 is 0.522 bits per heavy atom. The molecule has 0 amide bonds. The summed E-state index contributed by atoms with van der Waals surface area (Å²) in [5.41, 5.74) is -1.89. The number of hydrogen-bond donors (Lipinski definition) is 3. The first kappa shape index (κ1) is 55.5. The number of aromatic hydroxyl groups is 3. The average molecular weight is 958 g/mol. The highest BCUT2D eigenvalue weighted by Gasteiger charge is 2.31. The van der Waals surface area contributed by atoms with Crippen molar-refractivity contribution in [3.63, 3.8) is 0 Å². The maximum Gasteiger partial charge on any atom is 0.405 e. The van der Waals surface area contributed by atoms with Crippen molar-refractivity contribution >= 4 is 17.9 Å². The summed E-state index contributed by atoms with van der Waals surface area (Å²) in [6.07, 6.45) is -1.01. The number of phenolic OH excluding ortho intramolecular Hbond substituents is 3. The zero-order valence-electron chi connectivity index (χ0n) is 44.1. The summed E-state index contributed by atoms with van der Waals surface area (Å²) in [6, 6.07) is 10.6. The van der Waals surface area contributed by atoms with Crippen LogP contribution in [0.3, 0.4) is 0 Å². The van der Waals surface area contributed by atoms with Crippen LogP contribution in [0.2, 0.25) is 0 Å². The minimum absolute atomic E-state index is 0.0497. The fourth-order valence-electron chi connectivity index (χ4n) is 7.85. The van der Waals surface area contributed by atoms with Crippen molar-refractivity contribution in [1.82, 2.24) is 14.2 Å². The van der Waals surface area contributed by atoms with E-state index in [1.807, 2.05) is 125 Å². The molecular weight excluding hydrogens is 883 g/mol. The second-order valence-corrected chi connectivity index (χ2v) is 24.2. The van der Waals surface area contributed by atoms with Gasteiger partial charge in [0.2, 0.25) is 0 Å². The van der Waals surface area contributed by atoms with Gasteiger partial charge < -0.3 is 29.8 Å². The van der Waals surface area contributed by atoms with Gasteiger partial charge in [-0.1, -0.05) is 175 Å². The predicted molar refractivity (Wildman–Crippen MR) is 265 cm³/mol. The minimum Gasteiger partial charge on any atom is -0.507 e. The maximum atomic E-state index is 13.9. The first-order valence-electron chi connectivity index (χ1n) is 23.5. The lowest BCUT2D eigenvalue weighted by Gasteiger charge is -2.28. The van der Waals surface area contributed by atoms with Crippen molar-refractivity contribution in [1.29, 1.82) is 0 Å². The van der Waals surface area contributed by atoms with Crippen LogP contribution in [0, 0.1) is 0 Å². The summed E-state index contributed by atoms with van der Waals surface area (Å²) < 4.78 is -0.337. The van der Waals surface area contributed by atoms with Gasteiger partial charge >= 0.3 is 35.0 Å². The van der Waals surface area contributed by atoms with Crippen molar-refractivity contribution < 1.29 is 44.2 Å². The summed E-state index contributed by atoms with van der Waals surface area (Å²) >= 11 is 0. The molecule has 0 saturated heterocycles. The zero-order chi connectivity index (χ0) is 52.7. The highest BCUT2D eigenvalue weighted by molar-refractivity contribution is 5.71. The second kappa shape index (κ2) is 19.7. The number of aromatic nitrogens is 3. The van der Waals surface area contributed by atoms with Crippen LogP contribution in [0.4, 0.5) is 0 Å². The predicted octanol–water partition coefficient (Wildman–Crippen LogP) is 7.84. The van der Waals surface area contributed by atoms with E-state index in [0.717, 1.165) is 0 Å². The van der Waals surface area contributed by atoms with Crippen molar-refractivity contribution in [2.45, 2.75) is 196 Å². The minimum atomic E-state index is -1.66. The molecule has 0 radical (unpaired) electrons. The van der Waals surface area contributed by atoms with E-state index in [4.69, 9.17) is 14.5 Å². The van der Waals surface area contributed by atoms with E-state index in [1.54, 1.807) is 36.4 Å². The van der Waals surface area contributed by atoms with Crippen LogP contribution in [0.25, 0.3) is 0 Å². The third-order valence-corrected chi connectivity index (χ3v) is 11.8. The average Bonchev–Trinajstić information content (AvgIpc) is 3.18. The number of hydrogen-bond acceptors (Lipinski definition) is 12. The molecule has 0 aliphatic rings. The quantitative estimate of drug-likeness (QED) is 0.124. The highest BCUT2D eigenvalue weighted by atomic mass is 16.8. The molecular formula is C54H75N3O12. The Balaban J connectivity index is 1.73. The number of benzene rings is 3. The third-order valence-electron chi connectivity index (χ3n) is 11.8. The molecule has 69 heavy (non-hydrogen) atoms. The number of aryl methyl sites for hydroxylation is 3. The van der Waals surface area contributed by atoms with Gasteiger partial charge in [0.25, 0.3) is 0 Å². The van der Waals surface area contributed by atoms with E-state index >= 15 is 0 Å². The molecule has 0 fully saturated rings. The molecule has 4 aromatic rings. The Morgan fingerprint density at radius 3 is 0.667 bits per heavy atom. The molecule has 4 rings (SSSR count). The van der Waals surface area contributed by atoms with Crippen molar-refractivity contribution in [2.75, 3.05) is 0 Å². The molecule has 0 atom stereocenters. The Morgan fingerprint density at radius 1 is 0.362 bits per heavy atom. The van der Waals surface area contributed by atoms with E-state index in [-0.39, 0.29) is 70.0 Å². The summed E-state index contributed by atoms with van der Waals surface area (Å²) in [4.78, 5) is 98.0. The number of carbonyl (C=O) groups is 3. The van der Waals surface area contributed by atoms with Gasteiger partial charge in [-0.15, -0.1) is 0 Å². The molecule has 0 aliphatic carbocycles. The first-order chi connectivity index (χ1) is 31.2. The van der Waals surface area contributed by atoms with Crippen LogP contribution in [0.1, 0.15) is 194 Å². The molecule has 3 aromatic carbocycles. The van der Waals surface area contributed by atoms with Crippen LogP contribution in [0.15, 0.2) is 50.8 Å². The van der Waals surface area contributed by atoms with Gasteiger partial charge in [0.1, 0.15) is 17.2 Å². The number of nitrogens with zero attached hydrogens (tertiary/aromatic N) is 3. The summed E-state index contributed by atoms with van der Waals surface area (Å²) in [5.74, 6) is -2.88. The monoisotopic (exact) mass is 958 g/mol. The molecule has 0 spiro atoms. The van der Waals surface area contributed by atoms with Crippen LogP contribution in [-0.2, 0) is 66.1 Å². The van der Waals surface area contributed by atoms with Gasteiger partial charge in [0.15, 0.2) is 0 Å². The maximum absolute atomic E-state index is 13.9. The number of phenols is 3. The molecule has 0 unspecified atom stereocenters. The fourth-order valence-corrected chi connectivity index (χ4v) is 7.85. The van der Waals surface area contributed by atoms with Crippen molar-refractivity contribution in [2.24, 2.45) is 0 Å². The molecule has 0 bridgehead atoms. The van der Waals surface area contributed by atoms with E-state index < -0.39 is 67.5 Å². The van der Waals surface area contributed by atoms with Gasteiger partial charge in [0, 0.05) is 0 Å². The van der Waals surface area contributed by atoms with Crippen LogP contribution >= 0.6 is 0 Å². The Hall–Kier alpha value is -6.12. The molecule has 0 aliphatic heterocycles. The van der Waals surface area contributed by atoms with E-state index in [2.05, 4.69) is 0 Å². The SMILES string of the molecule is CC(C)(C)c1cc(CCC(=O)On2c(=O)n(OC(=O)CCc3cc(C(C)(C)C)c(O)c(C(C)(C)C)c3)c(=O)n(OC(=O)CCc3cc(C(C)(C)C)c(O)c(C(C)(C)C)c3)c2=O)cc(C(C)(C)C)c1O. The Kier molecular flexibility index (Phi) is 15.8. The molecule has 378 valence electrons. The van der Waals surface area contributed by atoms with E-state index in [0.29, 0.717) is 50.1 Å². The molecule has 15 nitrogen and oxygen atoms in total. The molecule has 1 aromatic heterocycles. The molecule has 15 heteroatoms. The smallest absolute Gasteiger partial charge is 0.405 e. The number of carbonyl (C=O) groups excluding carboxylic acids is 3. The van der Waals surface area contributed by atoms with Crippen LogP contribution in [0.5, 0.6) is 17.2 Å². The van der Waals surface area contributed by atoms with Crippen molar-refractivity contribution in [3.05, 3.63) is 118 Å². The van der Waals surface area contributed by atoms with Crippen molar-refractivity contribution in [3.8, 4) is 17.2 Å². The topological polar surface area (TPSA) is 206 Å². The van der Waals surface area contributed by atoms with Gasteiger partial charge in [-0.2, -0.15) is 0 Å². The van der Waals surface area contributed by atoms with Gasteiger partial charge in [-0.25, -0.2) is 28.8 Å². The Labute approximate surface area is 405 Å². The number of rotatable bonds is 12. The second-order valence-electron chi connectivity index (χ2n) is 24.2. The first-order valence-corrected chi connectivity index (χ1v) is 23.5. The third kappa shape index (κ3) is 13.4. The van der Waals surface area contributed by atoms with Crippen LogP contribution in [-0.4, -0.2) is 47.4 Å². The summed E-state index contributed by atoms with van der Waals surface area (Å²) in [5, 5.41) is 33.6. The molecule has 0 saturated carbocycles. The summed E-state index contributed by atoms with van der Waals surface area (Å²) in [7, 11) is 0.